The summed E-state index contributed by atoms with van der Waals surface area (Å²) in [6.45, 7) is 0. The van der Waals surface area contributed by atoms with Crippen LogP contribution in [0.5, 0.6) is 11.5 Å². The minimum Gasteiger partial charge on any atom is -0.497 e. The molecule has 0 atom stereocenters. The molecule has 0 aliphatic carbocycles. The summed E-state index contributed by atoms with van der Waals surface area (Å²) in [6, 6.07) is 10.6. The van der Waals surface area contributed by atoms with Gasteiger partial charge in [-0.05, 0) is 42.3 Å². The molecule has 2 aromatic carbocycles. The quantitative estimate of drug-likeness (QED) is 0.773. The van der Waals surface area contributed by atoms with E-state index in [-0.39, 0.29) is 0 Å². The van der Waals surface area contributed by atoms with Gasteiger partial charge in [0.05, 0.1) is 19.8 Å². The second kappa shape index (κ2) is 7.22. The maximum Gasteiger partial charge on any atom is 0.416 e. The van der Waals surface area contributed by atoms with Crippen molar-refractivity contribution in [2.75, 3.05) is 14.2 Å². The van der Waals surface area contributed by atoms with Crippen molar-refractivity contribution >= 4 is 6.08 Å². The fourth-order valence-corrected chi connectivity index (χ4v) is 2.18. The average Bonchev–Trinajstić information content (AvgIpc) is 2.54. The van der Waals surface area contributed by atoms with Crippen LogP contribution in [0.4, 0.5) is 13.2 Å². The Morgan fingerprint density at radius 3 is 2.43 bits per heavy atom. The normalized spacial score (nSPS) is 11.7. The van der Waals surface area contributed by atoms with Crippen molar-refractivity contribution in [2.24, 2.45) is 0 Å². The number of hydrogen-bond acceptors (Lipinski definition) is 2. The second-order valence-electron chi connectivity index (χ2n) is 4.91. The van der Waals surface area contributed by atoms with Gasteiger partial charge in [0, 0.05) is 5.56 Å². The molecule has 23 heavy (non-hydrogen) atoms. The standard InChI is InChI=1S/C18H17F3O2/c1-22-16-9-10-17(23-2)14(12-16)7-3-5-13-6-4-8-15(11-13)18(19,20)21/h3-6,8-12H,7H2,1-2H3/b5-3+. The van der Waals surface area contributed by atoms with Crippen molar-refractivity contribution in [1.82, 2.24) is 0 Å². The van der Waals surface area contributed by atoms with Gasteiger partial charge in [-0.25, -0.2) is 0 Å². The van der Waals surface area contributed by atoms with Crippen LogP contribution in [-0.2, 0) is 12.6 Å². The predicted octanol–water partition coefficient (Wildman–Crippen LogP) is 4.98. The number of alkyl halides is 3. The van der Waals surface area contributed by atoms with Gasteiger partial charge in [-0.2, -0.15) is 13.2 Å². The third kappa shape index (κ3) is 4.52. The van der Waals surface area contributed by atoms with E-state index in [2.05, 4.69) is 0 Å². The minimum atomic E-state index is -4.33. The summed E-state index contributed by atoms with van der Waals surface area (Å²) in [5.74, 6) is 1.41. The van der Waals surface area contributed by atoms with Gasteiger partial charge in [0.25, 0.3) is 0 Å². The molecular formula is C18H17F3O2. The Hall–Kier alpha value is -2.43. The van der Waals surface area contributed by atoms with Crippen LogP contribution in [0.25, 0.3) is 6.08 Å². The molecule has 0 amide bonds. The summed E-state index contributed by atoms with van der Waals surface area (Å²) in [5, 5.41) is 0. The van der Waals surface area contributed by atoms with Gasteiger partial charge < -0.3 is 9.47 Å². The lowest BCUT2D eigenvalue weighted by atomic mass is 10.1. The van der Waals surface area contributed by atoms with E-state index in [1.165, 1.54) is 6.07 Å². The van der Waals surface area contributed by atoms with E-state index in [9.17, 15) is 13.2 Å². The molecule has 0 saturated carbocycles. The molecule has 0 bridgehead atoms. The molecule has 0 N–H and O–H groups in total. The van der Waals surface area contributed by atoms with Crippen LogP contribution in [-0.4, -0.2) is 14.2 Å². The van der Waals surface area contributed by atoms with Crippen LogP contribution < -0.4 is 9.47 Å². The molecule has 5 heteroatoms. The van der Waals surface area contributed by atoms with Crippen LogP contribution in [0.1, 0.15) is 16.7 Å². The zero-order valence-corrected chi connectivity index (χ0v) is 12.9. The first-order valence-corrected chi connectivity index (χ1v) is 6.98. The monoisotopic (exact) mass is 322 g/mol. The first-order valence-electron chi connectivity index (χ1n) is 6.98. The number of hydrogen-bond donors (Lipinski definition) is 0. The number of rotatable bonds is 5. The fraction of sp³-hybridized carbons (Fsp3) is 0.222. The van der Waals surface area contributed by atoms with Gasteiger partial charge in [-0.3, -0.25) is 0 Å². The Morgan fingerprint density at radius 1 is 1.00 bits per heavy atom. The van der Waals surface area contributed by atoms with E-state index >= 15 is 0 Å². The average molecular weight is 322 g/mol. The van der Waals surface area contributed by atoms with Crippen molar-refractivity contribution < 1.29 is 22.6 Å². The smallest absolute Gasteiger partial charge is 0.416 e. The van der Waals surface area contributed by atoms with Gasteiger partial charge in [0.15, 0.2) is 0 Å². The van der Waals surface area contributed by atoms with Crippen molar-refractivity contribution in [3.8, 4) is 11.5 Å². The second-order valence-corrected chi connectivity index (χ2v) is 4.91. The summed E-state index contributed by atoms with van der Waals surface area (Å²) in [7, 11) is 3.14. The zero-order valence-electron chi connectivity index (χ0n) is 12.9. The van der Waals surface area contributed by atoms with Crippen LogP contribution in [0.3, 0.4) is 0 Å². The summed E-state index contributed by atoms with van der Waals surface area (Å²) in [4.78, 5) is 0. The molecule has 2 nitrogen and oxygen atoms in total. The highest BCUT2D eigenvalue weighted by molar-refractivity contribution is 5.52. The van der Waals surface area contributed by atoms with E-state index in [1.807, 2.05) is 6.07 Å². The minimum absolute atomic E-state index is 0.502. The Labute approximate surface area is 133 Å². The van der Waals surface area contributed by atoms with Crippen LogP contribution >= 0.6 is 0 Å². The molecule has 0 aromatic heterocycles. The maximum absolute atomic E-state index is 12.7. The molecule has 0 saturated heterocycles. The molecule has 0 radical (unpaired) electrons. The zero-order chi connectivity index (χ0) is 16.9. The first kappa shape index (κ1) is 16.9. The van der Waals surface area contributed by atoms with Gasteiger partial charge >= 0.3 is 6.18 Å². The van der Waals surface area contributed by atoms with Gasteiger partial charge in [-0.1, -0.05) is 24.3 Å². The van der Waals surface area contributed by atoms with E-state index in [1.54, 1.807) is 44.6 Å². The van der Waals surface area contributed by atoms with E-state index < -0.39 is 11.7 Å². The van der Waals surface area contributed by atoms with Crippen molar-refractivity contribution in [2.45, 2.75) is 12.6 Å². The van der Waals surface area contributed by atoms with E-state index in [0.717, 1.165) is 17.7 Å². The highest BCUT2D eigenvalue weighted by atomic mass is 19.4. The molecule has 0 aliphatic rings. The topological polar surface area (TPSA) is 18.5 Å². The Morgan fingerprint density at radius 2 is 1.78 bits per heavy atom. The largest absolute Gasteiger partial charge is 0.497 e. The maximum atomic E-state index is 12.7. The van der Waals surface area contributed by atoms with Crippen molar-refractivity contribution in [3.05, 3.63) is 65.2 Å². The molecule has 2 aromatic rings. The number of ether oxygens (including phenoxy) is 2. The molecule has 0 unspecified atom stereocenters. The van der Waals surface area contributed by atoms with Crippen LogP contribution in [0.2, 0.25) is 0 Å². The third-order valence-electron chi connectivity index (χ3n) is 3.35. The molecule has 0 fully saturated rings. The third-order valence-corrected chi connectivity index (χ3v) is 3.35. The molecule has 122 valence electrons. The number of halogens is 3. The SMILES string of the molecule is COc1ccc(OC)c(C/C=C/c2cccc(C(F)(F)F)c2)c1. The molecule has 2 rings (SSSR count). The van der Waals surface area contributed by atoms with E-state index in [4.69, 9.17) is 9.47 Å². The molecule has 0 aliphatic heterocycles. The highest BCUT2D eigenvalue weighted by Crippen LogP contribution is 2.30. The number of benzene rings is 2. The van der Waals surface area contributed by atoms with Crippen molar-refractivity contribution in [1.29, 1.82) is 0 Å². The number of allylic oxidation sites excluding steroid dienone is 1. The summed E-state index contributed by atoms with van der Waals surface area (Å²) < 4.78 is 48.5. The Balaban J connectivity index is 2.16. The van der Waals surface area contributed by atoms with Gasteiger partial charge in [-0.15, -0.1) is 0 Å². The number of methoxy groups -OCH3 is 2. The Kier molecular flexibility index (Phi) is 5.32. The van der Waals surface area contributed by atoms with E-state index in [0.29, 0.717) is 23.5 Å². The first-order chi connectivity index (χ1) is 10.9. The lowest BCUT2D eigenvalue weighted by molar-refractivity contribution is -0.137. The molecule has 0 heterocycles. The Bertz CT molecular complexity index is 691. The highest BCUT2D eigenvalue weighted by Gasteiger charge is 2.30. The lowest BCUT2D eigenvalue weighted by Crippen LogP contribution is -2.04. The lowest BCUT2D eigenvalue weighted by Gasteiger charge is -2.09. The predicted molar refractivity (Wildman–Crippen MR) is 83.7 cm³/mol. The van der Waals surface area contributed by atoms with Gasteiger partial charge in [0.1, 0.15) is 11.5 Å². The molecular weight excluding hydrogens is 305 g/mol. The van der Waals surface area contributed by atoms with Gasteiger partial charge in [0.2, 0.25) is 0 Å². The summed E-state index contributed by atoms with van der Waals surface area (Å²) in [5.41, 5.74) is 0.746. The summed E-state index contributed by atoms with van der Waals surface area (Å²) in [6.07, 6.45) is -0.350. The van der Waals surface area contributed by atoms with Crippen LogP contribution in [0, 0.1) is 0 Å². The van der Waals surface area contributed by atoms with Crippen molar-refractivity contribution in [3.63, 3.8) is 0 Å². The molecule has 0 spiro atoms. The summed E-state index contributed by atoms with van der Waals surface area (Å²) >= 11 is 0. The van der Waals surface area contributed by atoms with Crippen LogP contribution in [0.15, 0.2) is 48.5 Å². The fourth-order valence-electron chi connectivity index (χ4n) is 2.18.